The Balaban J connectivity index is 1.47. The number of carbonyl (C=O) groups excluding carboxylic acids is 2. The largest absolute Gasteiger partial charge is 0.476 e. The molecule has 0 saturated carbocycles. The normalized spacial score (nSPS) is 13.3. The first-order chi connectivity index (χ1) is 18.5. The number of nitrogens with zero attached hydrogens (tertiary/aromatic N) is 1. The average molecular weight is 547 g/mol. The average Bonchev–Trinajstić information content (AvgIpc) is 3.22. The predicted molar refractivity (Wildman–Crippen MR) is 131 cm³/mol. The summed E-state index contributed by atoms with van der Waals surface area (Å²) in [4.78, 5) is 27.3. The van der Waals surface area contributed by atoms with Gasteiger partial charge in [-0.1, -0.05) is 12.1 Å². The van der Waals surface area contributed by atoms with Crippen molar-refractivity contribution in [2.45, 2.75) is 20.8 Å². The van der Waals surface area contributed by atoms with Gasteiger partial charge in [0.05, 0.1) is 5.56 Å². The molecule has 1 aliphatic heterocycles. The fourth-order valence-electron chi connectivity index (χ4n) is 4.06. The van der Waals surface area contributed by atoms with Crippen molar-refractivity contribution in [3.63, 3.8) is 0 Å². The van der Waals surface area contributed by atoms with Gasteiger partial charge in [-0.25, -0.2) is 18.0 Å². The number of Topliss-reactive ketones (excluding diaryl/α,β-unsaturated/α-hetero) is 1. The lowest BCUT2D eigenvalue weighted by atomic mass is 10.0. The Labute approximate surface area is 220 Å². The van der Waals surface area contributed by atoms with Gasteiger partial charge in [0.15, 0.2) is 18.1 Å². The minimum atomic E-state index is -2.35. The number of anilines is 1. The highest BCUT2D eigenvalue weighted by Crippen LogP contribution is 2.38. The van der Waals surface area contributed by atoms with Crippen LogP contribution in [0.15, 0.2) is 42.2 Å². The van der Waals surface area contributed by atoms with Crippen LogP contribution >= 0.6 is 0 Å². The van der Waals surface area contributed by atoms with Crippen LogP contribution in [0.2, 0.25) is 0 Å². The van der Waals surface area contributed by atoms with E-state index < -0.39 is 47.4 Å². The number of esters is 1. The van der Waals surface area contributed by atoms with Crippen LogP contribution in [0.5, 0.6) is 17.2 Å². The molecular weight excluding hydrogens is 525 g/mol. The van der Waals surface area contributed by atoms with Crippen LogP contribution in [0.25, 0.3) is 6.08 Å². The monoisotopic (exact) mass is 547 g/mol. The minimum absolute atomic E-state index is 0.0572. The van der Waals surface area contributed by atoms with E-state index >= 15 is 0 Å². The van der Waals surface area contributed by atoms with Crippen LogP contribution in [0.1, 0.15) is 35.3 Å². The Morgan fingerprint density at radius 1 is 0.923 bits per heavy atom. The summed E-state index contributed by atoms with van der Waals surface area (Å²) in [5, 5.41) is 0. The number of ether oxygens (including phenoxy) is 3. The number of aryl methyl sites for hydroxylation is 1. The molecule has 0 aromatic heterocycles. The second kappa shape index (κ2) is 11.1. The zero-order chi connectivity index (χ0) is 28.4. The summed E-state index contributed by atoms with van der Waals surface area (Å²) in [6, 6.07) is 10.2. The number of hydrogen-bond acceptors (Lipinski definition) is 6. The first-order valence-corrected chi connectivity index (χ1v) is 11.8. The van der Waals surface area contributed by atoms with Gasteiger partial charge in [-0.3, -0.25) is 4.79 Å². The highest BCUT2D eigenvalue weighted by molar-refractivity contribution is 6.15. The molecule has 11 heteroatoms. The zero-order valence-corrected chi connectivity index (χ0v) is 21.0. The van der Waals surface area contributed by atoms with Gasteiger partial charge >= 0.3 is 5.97 Å². The summed E-state index contributed by atoms with van der Waals surface area (Å²) in [5.41, 5.74) is 2.45. The topological polar surface area (TPSA) is 65.1 Å². The summed E-state index contributed by atoms with van der Waals surface area (Å²) in [6.45, 7) is 6.23. The Morgan fingerprint density at radius 3 is 2.10 bits per heavy atom. The number of benzene rings is 3. The fraction of sp³-hybridized carbons (Fsp3) is 0.214. The third-order valence-corrected chi connectivity index (χ3v) is 6.00. The molecule has 3 aromatic rings. The Hall–Kier alpha value is -4.41. The summed E-state index contributed by atoms with van der Waals surface area (Å²) >= 11 is 0. The number of allylic oxidation sites excluding steroid dienone is 1. The summed E-state index contributed by atoms with van der Waals surface area (Å²) in [7, 11) is 0. The van der Waals surface area contributed by atoms with E-state index in [1.54, 1.807) is 13.0 Å². The highest BCUT2D eigenvalue weighted by atomic mass is 19.2. The Kier molecular flexibility index (Phi) is 7.89. The van der Waals surface area contributed by atoms with Crippen LogP contribution in [0.4, 0.5) is 27.6 Å². The maximum absolute atomic E-state index is 13.7. The van der Waals surface area contributed by atoms with Crippen molar-refractivity contribution in [3.05, 3.63) is 87.9 Å². The van der Waals surface area contributed by atoms with Gasteiger partial charge in [-0.05, 0) is 56.2 Å². The molecule has 3 aromatic carbocycles. The van der Waals surface area contributed by atoms with Crippen LogP contribution in [-0.4, -0.2) is 31.4 Å². The first-order valence-electron chi connectivity index (χ1n) is 11.8. The lowest BCUT2D eigenvalue weighted by Crippen LogP contribution is -2.21. The van der Waals surface area contributed by atoms with E-state index in [0.29, 0.717) is 5.56 Å². The predicted octanol–water partition coefficient (Wildman–Crippen LogP) is 6.14. The van der Waals surface area contributed by atoms with Gasteiger partial charge in [0, 0.05) is 24.8 Å². The van der Waals surface area contributed by atoms with E-state index in [4.69, 9.17) is 9.47 Å². The lowest BCUT2D eigenvalue weighted by molar-refractivity contribution is -0.136. The molecule has 6 nitrogen and oxygen atoms in total. The third kappa shape index (κ3) is 5.43. The second-order valence-corrected chi connectivity index (χ2v) is 8.48. The standard InChI is InChI=1S/C28H22F5NO5/c1-4-34(5-2)16-8-6-15(7-9-16)11-19-27(36)21-14(3)10-17(12-18(21)39-19)38-20(35)13-37-28-25(32)23(30)22(29)24(31)26(28)33/h6-12H,4-5,13H2,1-3H3/b19-11-. The zero-order valence-electron chi connectivity index (χ0n) is 21.0. The first kappa shape index (κ1) is 27.6. The van der Waals surface area contributed by atoms with Crippen LogP contribution in [0, 0.1) is 36.0 Å². The molecule has 1 heterocycles. The third-order valence-electron chi connectivity index (χ3n) is 6.00. The highest BCUT2D eigenvalue weighted by Gasteiger charge is 2.31. The number of rotatable bonds is 8. The molecule has 204 valence electrons. The number of halogens is 5. The van der Waals surface area contributed by atoms with Gasteiger partial charge in [0.25, 0.3) is 0 Å². The molecule has 4 rings (SSSR count). The fourth-order valence-corrected chi connectivity index (χ4v) is 4.06. The molecule has 0 aliphatic carbocycles. The molecule has 0 fully saturated rings. The molecule has 0 saturated heterocycles. The molecule has 0 spiro atoms. The van der Waals surface area contributed by atoms with Crippen molar-refractivity contribution in [2.75, 3.05) is 24.6 Å². The smallest absolute Gasteiger partial charge is 0.349 e. The van der Waals surface area contributed by atoms with E-state index in [9.17, 15) is 31.5 Å². The second-order valence-electron chi connectivity index (χ2n) is 8.48. The van der Waals surface area contributed by atoms with E-state index in [1.807, 2.05) is 24.3 Å². The summed E-state index contributed by atoms with van der Waals surface area (Å²) in [5.74, 6) is -14.3. The Bertz CT molecular complexity index is 1450. The number of hydrogen-bond donors (Lipinski definition) is 0. The quantitative estimate of drug-likeness (QED) is 0.0844. The van der Waals surface area contributed by atoms with Gasteiger partial charge in [0.2, 0.25) is 34.9 Å². The molecule has 0 N–H and O–H groups in total. The van der Waals surface area contributed by atoms with Crippen molar-refractivity contribution in [2.24, 2.45) is 0 Å². The van der Waals surface area contributed by atoms with E-state index in [0.717, 1.165) is 24.3 Å². The van der Waals surface area contributed by atoms with E-state index in [1.165, 1.54) is 12.1 Å². The van der Waals surface area contributed by atoms with Crippen LogP contribution < -0.4 is 19.1 Å². The number of fused-ring (bicyclic) bond motifs is 1. The van der Waals surface area contributed by atoms with Crippen molar-refractivity contribution in [3.8, 4) is 17.2 Å². The maximum Gasteiger partial charge on any atom is 0.349 e. The molecule has 0 radical (unpaired) electrons. The van der Waals surface area contributed by atoms with Gasteiger partial charge in [0.1, 0.15) is 11.5 Å². The van der Waals surface area contributed by atoms with Gasteiger partial charge < -0.3 is 19.1 Å². The van der Waals surface area contributed by atoms with Crippen molar-refractivity contribution < 1.29 is 45.8 Å². The van der Waals surface area contributed by atoms with E-state index in [-0.39, 0.29) is 28.6 Å². The molecule has 39 heavy (non-hydrogen) atoms. The lowest BCUT2D eigenvalue weighted by Gasteiger charge is -2.20. The Morgan fingerprint density at radius 2 is 1.51 bits per heavy atom. The van der Waals surface area contributed by atoms with E-state index in [2.05, 4.69) is 23.5 Å². The number of carbonyl (C=O) groups is 2. The molecule has 1 aliphatic rings. The minimum Gasteiger partial charge on any atom is -0.476 e. The van der Waals surface area contributed by atoms with Crippen molar-refractivity contribution >= 4 is 23.5 Å². The molecule has 0 amide bonds. The van der Waals surface area contributed by atoms with Crippen LogP contribution in [0.3, 0.4) is 0 Å². The summed E-state index contributed by atoms with van der Waals surface area (Å²) in [6.07, 6.45) is 1.58. The van der Waals surface area contributed by atoms with Gasteiger partial charge in [-0.2, -0.15) is 8.78 Å². The molecular formula is C28H22F5NO5. The number of ketones is 1. The van der Waals surface area contributed by atoms with Crippen LogP contribution in [-0.2, 0) is 4.79 Å². The SMILES string of the molecule is CCN(CC)c1ccc(/C=C2\Oc3cc(OC(=O)COc4c(F)c(F)c(F)c(F)c4F)cc(C)c3C2=O)cc1. The molecule has 0 bridgehead atoms. The molecule has 0 atom stereocenters. The maximum atomic E-state index is 13.7. The van der Waals surface area contributed by atoms with Gasteiger partial charge in [-0.15, -0.1) is 0 Å². The van der Waals surface area contributed by atoms with Crippen molar-refractivity contribution in [1.29, 1.82) is 0 Å². The van der Waals surface area contributed by atoms with Crippen molar-refractivity contribution in [1.82, 2.24) is 0 Å². The summed E-state index contributed by atoms with van der Waals surface area (Å²) < 4.78 is 82.6. The molecule has 0 unspecified atom stereocenters.